The van der Waals surface area contributed by atoms with Gasteiger partial charge in [0.25, 0.3) is 0 Å². The van der Waals surface area contributed by atoms with Crippen LogP contribution < -0.4 is 0 Å². The van der Waals surface area contributed by atoms with Crippen LogP contribution in [0.5, 0.6) is 0 Å². The maximum Gasteiger partial charge on any atom is 0.410 e. The first-order valence-electron chi connectivity index (χ1n) is 3.73. The molecule has 1 rings (SSSR count). The van der Waals surface area contributed by atoms with Gasteiger partial charge in [-0.3, -0.25) is 0 Å². The molecule has 0 saturated carbocycles. The Bertz CT molecular complexity index is 161. The quantitative estimate of drug-likeness (QED) is 0.674. The monoisotopic (exact) mass is 191 g/mol. The molecule has 0 bridgehead atoms. The summed E-state index contributed by atoms with van der Waals surface area (Å²) in [6.45, 7) is 5.22. The van der Waals surface area contributed by atoms with Gasteiger partial charge < -0.3 is 9.64 Å². The molecule has 0 aromatic rings. The first-order chi connectivity index (χ1) is 5.09. The lowest BCUT2D eigenvalue weighted by molar-refractivity contribution is 0.138. The van der Waals surface area contributed by atoms with E-state index in [0.29, 0.717) is 13.1 Å². The van der Waals surface area contributed by atoms with Gasteiger partial charge in [-0.05, 0) is 6.92 Å². The molecule has 4 heteroatoms. The van der Waals surface area contributed by atoms with Crippen molar-refractivity contribution >= 4 is 18.7 Å². The van der Waals surface area contributed by atoms with Crippen molar-refractivity contribution in [3.63, 3.8) is 0 Å². The highest BCUT2D eigenvalue weighted by atomic mass is 32.1. The molecule has 0 spiro atoms. The topological polar surface area (TPSA) is 29.5 Å². The van der Waals surface area contributed by atoms with Gasteiger partial charge in [-0.2, -0.15) is 12.6 Å². The second kappa shape index (κ2) is 4.60. The van der Waals surface area contributed by atoms with Gasteiger partial charge in [-0.1, -0.05) is 14.4 Å². The molecule has 0 N–H and O–H groups in total. The van der Waals surface area contributed by atoms with E-state index in [0.717, 1.165) is 0 Å². The van der Waals surface area contributed by atoms with E-state index in [1.165, 1.54) is 0 Å². The van der Waals surface area contributed by atoms with Crippen molar-refractivity contribution in [2.75, 3.05) is 13.1 Å². The van der Waals surface area contributed by atoms with Crippen molar-refractivity contribution in [3.05, 3.63) is 0 Å². The molecular formula is C8H17NO2S. The normalized spacial score (nSPS) is 24.8. The van der Waals surface area contributed by atoms with Crippen molar-refractivity contribution in [2.24, 2.45) is 0 Å². The number of carbonyl (C=O) groups is 1. The molecule has 72 valence electrons. The Morgan fingerprint density at radius 2 is 2.42 bits per heavy atom. The van der Waals surface area contributed by atoms with Crippen molar-refractivity contribution in [1.82, 2.24) is 4.90 Å². The van der Waals surface area contributed by atoms with Crippen LogP contribution in [0.25, 0.3) is 0 Å². The number of cyclic esters (lactones) is 1. The van der Waals surface area contributed by atoms with E-state index in [1.807, 2.05) is 13.8 Å². The summed E-state index contributed by atoms with van der Waals surface area (Å²) in [5, 5.41) is 0.216. The minimum absolute atomic E-state index is 0. The van der Waals surface area contributed by atoms with Crippen LogP contribution >= 0.6 is 12.6 Å². The molecule has 1 fully saturated rings. The fourth-order valence-electron chi connectivity index (χ4n) is 1.14. The average Bonchev–Trinajstić information content (AvgIpc) is 2.09. The van der Waals surface area contributed by atoms with Gasteiger partial charge >= 0.3 is 6.09 Å². The van der Waals surface area contributed by atoms with Crippen LogP contribution in [0, 0.1) is 0 Å². The predicted molar refractivity (Wildman–Crippen MR) is 52.7 cm³/mol. The van der Waals surface area contributed by atoms with Gasteiger partial charge in [0, 0.05) is 11.8 Å². The Morgan fingerprint density at radius 1 is 1.83 bits per heavy atom. The summed E-state index contributed by atoms with van der Waals surface area (Å²) < 4.78 is 4.93. The summed E-state index contributed by atoms with van der Waals surface area (Å²) in [4.78, 5) is 12.7. The Morgan fingerprint density at radius 3 is 2.75 bits per heavy atom. The van der Waals surface area contributed by atoms with Crippen LogP contribution in [-0.4, -0.2) is 35.4 Å². The minimum atomic E-state index is -0.210. The van der Waals surface area contributed by atoms with E-state index < -0.39 is 0 Å². The van der Waals surface area contributed by atoms with Gasteiger partial charge in [-0.25, -0.2) is 4.79 Å². The molecule has 1 saturated heterocycles. The van der Waals surface area contributed by atoms with E-state index in [9.17, 15) is 4.79 Å². The molecule has 3 nitrogen and oxygen atoms in total. The molecule has 2 unspecified atom stereocenters. The van der Waals surface area contributed by atoms with Gasteiger partial charge in [-0.15, -0.1) is 0 Å². The summed E-state index contributed by atoms with van der Waals surface area (Å²) in [5.74, 6) is 0. The number of thiol groups is 1. The number of rotatable bonds is 2. The second-order valence-corrected chi connectivity index (χ2v) is 3.83. The lowest BCUT2D eigenvalue weighted by Crippen LogP contribution is -2.30. The molecule has 1 aliphatic rings. The predicted octanol–water partition coefficient (Wildman–Crippen LogP) is 1.78. The third kappa shape index (κ3) is 2.93. The second-order valence-electron chi connectivity index (χ2n) is 2.95. The molecule has 0 aromatic heterocycles. The Hall–Kier alpha value is -0.380. The van der Waals surface area contributed by atoms with Gasteiger partial charge in [0.05, 0.1) is 6.54 Å². The van der Waals surface area contributed by atoms with Crippen molar-refractivity contribution in [3.8, 4) is 0 Å². The third-order valence-corrected chi connectivity index (χ3v) is 1.69. The summed E-state index contributed by atoms with van der Waals surface area (Å²) in [7, 11) is 0. The standard InChI is InChI=1S/C7H13NO2S.CH4/c1-5-3-8(4-6(2)11)7(9)10-5;/h5-6,11H,3-4H2,1-2H3;1H4. The number of nitrogens with zero attached hydrogens (tertiary/aromatic N) is 1. The Balaban J connectivity index is 0.00000121. The van der Waals surface area contributed by atoms with E-state index in [1.54, 1.807) is 4.90 Å². The van der Waals surface area contributed by atoms with Crippen molar-refractivity contribution < 1.29 is 9.53 Å². The smallest absolute Gasteiger partial charge is 0.410 e. The lowest BCUT2D eigenvalue weighted by atomic mass is 10.3. The van der Waals surface area contributed by atoms with E-state index in [2.05, 4.69) is 12.6 Å². The van der Waals surface area contributed by atoms with Gasteiger partial charge in [0.2, 0.25) is 0 Å². The minimum Gasteiger partial charge on any atom is -0.445 e. The van der Waals surface area contributed by atoms with Crippen LogP contribution in [0.4, 0.5) is 4.79 Å². The molecule has 1 amide bonds. The molecule has 0 aromatic carbocycles. The van der Waals surface area contributed by atoms with Gasteiger partial charge in [0.1, 0.15) is 6.10 Å². The molecule has 0 aliphatic carbocycles. The maximum absolute atomic E-state index is 11.0. The zero-order valence-corrected chi connectivity index (χ0v) is 7.67. The van der Waals surface area contributed by atoms with Crippen molar-refractivity contribution in [1.29, 1.82) is 0 Å². The SMILES string of the molecule is C.CC(S)CN1CC(C)OC1=O. The van der Waals surface area contributed by atoms with Crippen LogP contribution in [0.2, 0.25) is 0 Å². The molecular weight excluding hydrogens is 174 g/mol. The first-order valence-corrected chi connectivity index (χ1v) is 4.25. The van der Waals surface area contributed by atoms with Crippen LogP contribution in [-0.2, 0) is 4.74 Å². The van der Waals surface area contributed by atoms with Crippen LogP contribution in [0.15, 0.2) is 0 Å². The number of hydrogen-bond donors (Lipinski definition) is 1. The lowest BCUT2D eigenvalue weighted by Gasteiger charge is -2.13. The number of carbonyl (C=O) groups excluding carboxylic acids is 1. The van der Waals surface area contributed by atoms with Crippen molar-refractivity contribution in [2.45, 2.75) is 32.6 Å². The highest BCUT2D eigenvalue weighted by Crippen LogP contribution is 2.11. The zero-order chi connectivity index (χ0) is 8.43. The van der Waals surface area contributed by atoms with Crippen LogP contribution in [0.3, 0.4) is 0 Å². The highest BCUT2D eigenvalue weighted by Gasteiger charge is 2.28. The van der Waals surface area contributed by atoms with Gasteiger partial charge in [0.15, 0.2) is 0 Å². The average molecular weight is 191 g/mol. The Labute approximate surface area is 79.5 Å². The first kappa shape index (κ1) is 11.6. The summed E-state index contributed by atoms with van der Waals surface area (Å²) in [6, 6.07) is 0. The molecule has 12 heavy (non-hydrogen) atoms. The third-order valence-electron chi connectivity index (χ3n) is 1.52. The zero-order valence-electron chi connectivity index (χ0n) is 6.78. The molecule has 1 heterocycles. The Kier molecular flexibility index (Phi) is 4.45. The van der Waals surface area contributed by atoms with E-state index in [-0.39, 0.29) is 24.9 Å². The van der Waals surface area contributed by atoms with Crippen LogP contribution in [0.1, 0.15) is 21.3 Å². The van der Waals surface area contributed by atoms with E-state index >= 15 is 0 Å². The summed E-state index contributed by atoms with van der Waals surface area (Å²) in [5.41, 5.74) is 0. The molecule has 2 atom stereocenters. The number of amides is 1. The van der Waals surface area contributed by atoms with E-state index in [4.69, 9.17) is 4.74 Å². The molecule has 1 aliphatic heterocycles. The summed E-state index contributed by atoms with van der Waals surface area (Å²) >= 11 is 4.19. The summed E-state index contributed by atoms with van der Waals surface area (Å²) in [6.07, 6.45) is -0.173. The number of ether oxygens (including phenoxy) is 1. The fraction of sp³-hybridized carbons (Fsp3) is 0.875. The largest absolute Gasteiger partial charge is 0.445 e. The number of hydrogen-bond acceptors (Lipinski definition) is 3. The molecule has 0 radical (unpaired) electrons. The highest BCUT2D eigenvalue weighted by molar-refractivity contribution is 7.80. The fourth-order valence-corrected chi connectivity index (χ4v) is 1.33. The maximum atomic E-state index is 11.0.